The maximum atomic E-state index is 12.1. The van der Waals surface area contributed by atoms with E-state index in [1.807, 2.05) is 42.5 Å². The van der Waals surface area contributed by atoms with Gasteiger partial charge in [0.1, 0.15) is 5.69 Å². The van der Waals surface area contributed by atoms with Gasteiger partial charge in [-0.25, -0.2) is 0 Å². The molecule has 3 aromatic rings. The maximum Gasteiger partial charge on any atom is 0.274 e. The molecule has 1 aromatic heterocycles. The van der Waals surface area contributed by atoms with Gasteiger partial charge < -0.3 is 5.32 Å². The summed E-state index contributed by atoms with van der Waals surface area (Å²) in [5, 5.41) is 11.7. The predicted molar refractivity (Wildman–Crippen MR) is 86.6 cm³/mol. The van der Waals surface area contributed by atoms with Crippen molar-refractivity contribution in [3.63, 3.8) is 0 Å². The van der Waals surface area contributed by atoms with Crippen LogP contribution in [0.4, 0.5) is 11.6 Å². The largest absolute Gasteiger partial charge is 0.324 e. The molecule has 6 heteroatoms. The van der Waals surface area contributed by atoms with Crippen LogP contribution in [0, 0.1) is 0 Å². The standard InChI is InChI=1S/C16H13ClN4O/c17-12-8-6-11(7-9-12)10-14-15(22)19-16(21-20-14)18-13-4-2-1-3-5-13/h1-9H,10H2,(H2,18,19,21,22). The first-order chi connectivity index (χ1) is 10.7. The van der Waals surface area contributed by atoms with Crippen LogP contribution in [0.25, 0.3) is 0 Å². The number of benzene rings is 2. The average Bonchev–Trinajstić information content (AvgIpc) is 2.53. The minimum Gasteiger partial charge on any atom is -0.324 e. The van der Waals surface area contributed by atoms with Crippen LogP contribution >= 0.6 is 11.6 Å². The molecule has 0 amide bonds. The van der Waals surface area contributed by atoms with Gasteiger partial charge in [0, 0.05) is 17.1 Å². The Morgan fingerprint density at radius 2 is 1.73 bits per heavy atom. The molecule has 2 aromatic carbocycles. The van der Waals surface area contributed by atoms with Crippen LogP contribution < -0.4 is 10.9 Å². The van der Waals surface area contributed by atoms with Crippen LogP contribution in [0.1, 0.15) is 11.3 Å². The van der Waals surface area contributed by atoms with Gasteiger partial charge in [-0.15, -0.1) is 10.2 Å². The zero-order valence-corrected chi connectivity index (χ0v) is 12.3. The van der Waals surface area contributed by atoms with Gasteiger partial charge in [-0.3, -0.25) is 9.78 Å². The number of aromatic amines is 1. The summed E-state index contributed by atoms with van der Waals surface area (Å²) in [4.78, 5) is 14.8. The van der Waals surface area contributed by atoms with Crippen LogP contribution in [0.15, 0.2) is 59.4 Å². The van der Waals surface area contributed by atoms with Crippen molar-refractivity contribution in [3.8, 4) is 0 Å². The van der Waals surface area contributed by atoms with Crippen LogP contribution in [0.2, 0.25) is 5.02 Å². The van der Waals surface area contributed by atoms with E-state index in [4.69, 9.17) is 11.6 Å². The van der Waals surface area contributed by atoms with Gasteiger partial charge in [0.15, 0.2) is 0 Å². The summed E-state index contributed by atoms with van der Waals surface area (Å²) in [5.74, 6) is 0.316. The molecule has 0 unspecified atom stereocenters. The van der Waals surface area contributed by atoms with E-state index in [-0.39, 0.29) is 5.56 Å². The molecule has 0 aliphatic carbocycles. The van der Waals surface area contributed by atoms with E-state index in [1.165, 1.54) is 0 Å². The van der Waals surface area contributed by atoms with E-state index in [1.54, 1.807) is 12.1 Å². The monoisotopic (exact) mass is 312 g/mol. The number of anilines is 2. The average molecular weight is 313 g/mol. The lowest BCUT2D eigenvalue weighted by Gasteiger charge is -2.05. The van der Waals surface area contributed by atoms with Gasteiger partial charge in [0.25, 0.3) is 5.56 Å². The summed E-state index contributed by atoms with van der Waals surface area (Å²) in [6.45, 7) is 0. The normalized spacial score (nSPS) is 10.4. The highest BCUT2D eigenvalue weighted by Crippen LogP contribution is 2.12. The number of nitrogens with one attached hydrogen (secondary N) is 2. The Bertz CT molecular complexity index is 816. The van der Waals surface area contributed by atoms with Crippen molar-refractivity contribution >= 4 is 23.2 Å². The van der Waals surface area contributed by atoms with Gasteiger partial charge in [-0.1, -0.05) is 41.9 Å². The van der Waals surface area contributed by atoms with Gasteiger partial charge in [-0.05, 0) is 29.8 Å². The molecule has 0 saturated carbocycles. The fourth-order valence-corrected chi connectivity index (χ4v) is 2.11. The summed E-state index contributed by atoms with van der Waals surface area (Å²) in [7, 11) is 0. The fraction of sp³-hybridized carbons (Fsp3) is 0.0625. The summed E-state index contributed by atoms with van der Waals surface area (Å²) in [6, 6.07) is 16.7. The maximum absolute atomic E-state index is 12.1. The number of H-pyrrole nitrogens is 1. The quantitative estimate of drug-likeness (QED) is 0.776. The number of rotatable bonds is 4. The molecule has 3 rings (SSSR count). The number of hydrogen-bond acceptors (Lipinski definition) is 4. The van der Waals surface area contributed by atoms with E-state index >= 15 is 0 Å². The first-order valence-corrected chi connectivity index (χ1v) is 7.11. The van der Waals surface area contributed by atoms with Gasteiger partial charge in [-0.2, -0.15) is 0 Å². The molecular formula is C16H13ClN4O. The molecule has 0 bridgehead atoms. The van der Waals surface area contributed by atoms with Crippen molar-refractivity contribution < 1.29 is 0 Å². The van der Waals surface area contributed by atoms with Crippen LogP contribution in [0.5, 0.6) is 0 Å². The van der Waals surface area contributed by atoms with Crippen molar-refractivity contribution in [3.05, 3.63) is 81.2 Å². The number of halogens is 1. The summed E-state index contributed by atoms with van der Waals surface area (Å²) in [5.41, 5.74) is 1.88. The first kappa shape index (κ1) is 14.3. The third-order valence-electron chi connectivity index (χ3n) is 3.09. The van der Waals surface area contributed by atoms with Crippen LogP contribution in [-0.2, 0) is 6.42 Å². The minimum atomic E-state index is -0.261. The molecule has 1 heterocycles. The van der Waals surface area contributed by atoms with Crippen molar-refractivity contribution in [2.75, 3.05) is 5.32 Å². The summed E-state index contributed by atoms with van der Waals surface area (Å²) in [6.07, 6.45) is 0.408. The van der Waals surface area contributed by atoms with Crippen molar-refractivity contribution in [1.82, 2.24) is 15.2 Å². The predicted octanol–water partition coefficient (Wildman–Crippen LogP) is 3.15. The van der Waals surface area contributed by atoms with Crippen molar-refractivity contribution in [2.24, 2.45) is 0 Å². The molecule has 0 aliphatic heterocycles. The highest BCUT2D eigenvalue weighted by Gasteiger charge is 2.06. The Morgan fingerprint density at radius 1 is 1.00 bits per heavy atom. The van der Waals surface area contributed by atoms with E-state index in [9.17, 15) is 4.79 Å². The highest BCUT2D eigenvalue weighted by atomic mass is 35.5. The van der Waals surface area contributed by atoms with E-state index in [2.05, 4.69) is 20.5 Å². The topological polar surface area (TPSA) is 70.7 Å². The van der Waals surface area contributed by atoms with E-state index in [0.717, 1.165) is 11.3 Å². The lowest BCUT2D eigenvalue weighted by molar-refractivity contribution is 0.874. The number of aromatic nitrogens is 3. The lowest BCUT2D eigenvalue weighted by atomic mass is 10.1. The number of nitrogens with zero attached hydrogens (tertiary/aromatic N) is 2. The Balaban J connectivity index is 1.77. The van der Waals surface area contributed by atoms with Gasteiger partial charge in [0.05, 0.1) is 0 Å². The van der Waals surface area contributed by atoms with Crippen LogP contribution in [-0.4, -0.2) is 15.2 Å². The Hall–Kier alpha value is -2.66. The third-order valence-corrected chi connectivity index (χ3v) is 3.34. The second-order valence-electron chi connectivity index (χ2n) is 4.74. The molecule has 0 fully saturated rings. The number of hydrogen-bond donors (Lipinski definition) is 2. The second kappa shape index (κ2) is 6.41. The molecule has 110 valence electrons. The zero-order chi connectivity index (χ0) is 15.4. The molecule has 0 atom stereocenters. The Morgan fingerprint density at radius 3 is 2.41 bits per heavy atom. The second-order valence-corrected chi connectivity index (χ2v) is 5.18. The van der Waals surface area contributed by atoms with E-state index in [0.29, 0.717) is 23.1 Å². The Labute approximate surface area is 132 Å². The SMILES string of the molecule is O=c1[nH]c(Nc2ccccc2)nnc1Cc1ccc(Cl)cc1. The fourth-order valence-electron chi connectivity index (χ4n) is 1.99. The number of para-hydroxylation sites is 1. The Kier molecular flexibility index (Phi) is 4.16. The molecular weight excluding hydrogens is 300 g/mol. The molecule has 0 spiro atoms. The molecule has 0 radical (unpaired) electrons. The molecule has 22 heavy (non-hydrogen) atoms. The summed E-state index contributed by atoms with van der Waals surface area (Å²) < 4.78 is 0. The highest BCUT2D eigenvalue weighted by molar-refractivity contribution is 6.30. The smallest absolute Gasteiger partial charge is 0.274 e. The first-order valence-electron chi connectivity index (χ1n) is 6.73. The molecule has 2 N–H and O–H groups in total. The van der Waals surface area contributed by atoms with Crippen LogP contribution in [0.3, 0.4) is 0 Å². The molecule has 5 nitrogen and oxygen atoms in total. The lowest BCUT2D eigenvalue weighted by Crippen LogP contribution is -2.18. The van der Waals surface area contributed by atoms with Gasteiger partial charge in [0.2, 0.25) is 5.95 Å². The van der Waals surface area contributed by atoms with Gasteiger partial charge >= 0.3 is 0 Å². The third kappa shape index (κ3) is 3.51. The minimum absolute atomic E-state index is 0.261. The molecule has 0 saturated heterocycles. The zero-order valence-electron chi connectivity index (χ0n) is 11.6. The van der Waals surface area contributed by atoms with Crippen molar-refractivity contribution in [2.45, 2.75) is 6.42 Å². The van der Waals surface area contributed by atoms with E-state index < -0.39 is 0 Å². The summed E-state index contributed by atoms with van der Waals surface area (Å²) >= 11 is 5.84. The van der Waals surface area contributed by atoms with Crippen molar-refractivity contribution in [1.29, 1.82) is 0 Å². The molecule has 0 aliphatic rings.